The molecule has 6 heteroatoms. The number of imidazole rings is 1. The van der Waals surface area contributed by atoms with Gasteiger partial charge in [-0.15, -0.1) is 0 Å². The van der Waals surface area contributed by atoms with E-state index in [0.717, 1.165) is 61.6 Å². The van der Waals surface area contributed by atoms with Gasteiger partial charge in [0.25, 0.3) is 0 Å². The number of benzene rings is 4. The van der Waals surface area contributed by atoms with E-state index in [2.05, 4.69) is 144 Å². The molecule has 0 saturated carbocycles. The first-order chi connectivity index (χ1) is 23.2. The van der Waals surface area contributed by atoms with Crippen LogP contribution in [0.4, 0.5) is 5.69 Å². The smallest absolute Gasteiger partial charge is 0.145 e. The van der Waals surface area contributed by atoms with E-state index in [-0.39, 0.29) is 21.7 Å². The molecule has 3 aliphatic heterocycles. The third kappa shape index (κ3) is 2.94. The summed E-state index contributed by atoms with van der Waals surface area (Å²) in [5.41, 5.74) is 12.1. The van der Waals surface area contributed by atoms with Crippen molar-refractivity contribution in [2.75, 3.05) is 18.6 Å². The van der Waals surface area contributed by atoms with E-state index in [9.17, 15) is 0 Å². The van der Waals surface area contributed by atoms with Crippen molar-refractivity contribution >= 4 is 76.9 Å². The Balaban J connectivity index is 1.26. The Bertz CT molecular complexity index is 2890. The van der Waals surface area contributed by atoms with Gasteiger partial charge in [-0.3, -0.25) is 4.40 Å². The van der Waals surface area contributed by atoms with Crippen molar-refractivity contribution in [3.8, 4) is 0 Å². The maximum Gasteiger partial charge on any atom is 0.145 e. The summed E-state index contributed by atoms with van der Waals surface area (Å²) in [6.45, 7) is 19.8. The highest BCUT2D eigenvalue weighted by Crippen LogP contribution is 2.58. The molecule has 0 N–H and O–H groups in total. The zero-order valence-corrected chi connectivity index (χ0v) is 29.7. The van der Waals surface area contributed by atoms with Gasteiger partial charge >= 0.3 is 0 Å². The van der Waals surface area contributed by atoms with E-state index in [4.69, 9.17) is 13.8 Å². The Labute approximate surface area is 284 Å². The second-order valence-electron chi connectivity index (χ2n) is 17.1. The minimum atomic E-state index is -0.0994. The summed E-state index contributed by atoms with van der Waals surface area (Å²) in [6.07, 6.45) is 4.43. The molecule has 6 nitrogen and oxygen atoms in total. The lowest BCUT2D eigenvalue weighted by Gasteiger charge is -2.51. The van der Waals surface area contributed by atoms with Crippen molar-refractivity contribution in [3.63, 3.8) is 0 Å². The molecular weight excluding hydrogens is 604 g/mol. The zero-order chi connectivity index (χ0) is 33.7. The fraction of sp³-hybridized carbons (Fsp3) is 0.326. The van der Waals surface area contributed by atoms with Crippen LogP contribution in [0.3, 0.4) is 0 Å². The third-order valence-electron chi connectivity index (χ3n) is 13.9. The number of rotatable bonds is 0. The average molecular weight is 645 g/mol. The highest BCUT2D eigenvalue weighted by atomic mass is 16.3. The number of hydrogen-bond donors (Lipinski definition) is 0. The largest absolute Gasteiger partial charge is 0.456 e. The van der Waals surface area contributed by atoms with Gasteiger partial charge < -0.3 is 18.6 Å². The molecule has 4 aromatic heterocycles. The standard InChI is InChI=1S/C43H40N4O2/c1-40(2)27-12-10-11-22-23-17-32-25(15-24(23)39-44-19-34(42(40,5)6)47(39)38(22)27)36-30(48-32)13-14-31-37(36)26-16-29-28(18-33(26)49-31)41(3,4)43(7,8)35-20-45(9)21-46(29)35/h10-20H,21H2,1-9H3. The molecule has 0 amide bonds. The van der Waals surface area contributed by atoms with Crippen LogP contribution in [0.2, 0.25) is 0 Å². The number of anilines is 1. The number of furan rings is 2. The Morgan fingerprint density at radius 3 is 2.04 bits per heavy atom. The Kier molecular flexibility index (Phi) is 4.60. The van der Waals surface area contributed by atoms with Crippen LogP contribution in [0.1, 0.15) is 72.2 Å². The molecule has 7 heterocycles. The van der Waals surface area contributed by atoms with E-state index in [1.54, 1.807) is 0 Å². The highest BCUT2D eigenvalue weighted by molar-refractivity contribution is 6.28. The summed E-state index contributed by atoms with van der Waals surface area (Å²) >= 11 is 0. The van der Waals surface area contributed by atoms with E-state index in [1.165, 1.54) is 44.5 Å². The van der Waals surface area contributed by atoms with E-state index in [0.29, 0.717) is 0 Å². The normalized spacial score (nSPS) is 20.1. The molecule has 0 bridgehead atoms. The van der Waals surface area contributed by atoms with Gasteiger partial charge in [0.05, 0.1) is 12.2 Å². The van der Waals surface area contributed by atoms with Gasteiger partial charge in [0.2, 0.25) is 0 Å². The number of allylic oxidation sites excluding steroid dienone is 1. The molecule has 244 valence electrons. The second-order valence-corrected chi connectivity index (χ2v) is 17.1. The number of hydrogen-bond acceptors (Lipinski definition) is 5. The minimum absolute atomic E-state index is 0.0477. The van der Waals surface area contributed by atoms with E-state index in [1.807, 2.05) is 0 Å². The molecule has 49 heavy (non-hydrogen) atoms. The molecule has 11 rings (SSSR count). The summed E-state index contributed by atoms with van der Waals surface area (Å²) in [5, 5.41) is 7.99. The summed E-state index contributed by atoms with van der Waals surface area (Å²) in [6, 6.07) is 20.2. The lowest BCUT2D eigenvalue weighted by molar-refractivity contribution is 0.235. The predicted molar refractivity (Wildman–Crippen MR) is 201 cm³/mol. The third-order valence-corrected chi connectivity index (χ3v) is 13.9. The van der Waals surface area contributed by atoms with Gasteiger partial charge in [-0.1, -0.05) is 73.6 Å². The summed E-state index contributed by atoms with van der Waals surface area (Å²) in [4.78, 5) is 9.94. The van der Waals surface area contributed by atoms with Gasteiger partial charge in [0.15, 0.2) is 0 Å². The maximum atomic E-state index is 6.73. The fourth-order valence-corrected chi connectivity index (χ4v) is 9.70. The number of nitrogens with zero attached hydrogens (tertiary/aromatic N) is 4. The summed E-state index contributed by atoms with van der Waals surface area (Å²) in [7, 11) is 2.17. The average Bonchev–Trinajstić information content (AvgIpc) is 3.83. The molecule has 0 spiro atoms. The maximum absolute atomic E-state index is 6.73. The van der Waals surface area contributed by atoms with Crippen LogP contribution in [0, 0.1) is 5.41 Å². The molecule has 0 unspecified atom stereocenters. The highest BCUT2D eigenvalue weighted by Gasteiger charge is 2.51. The predicted octanol–water partition coefficient (Wildman–Crippen LogP) is 10.9. The molecule has 0 fully saturated rings. The van der Waals surface area contributed by atoms with Crippen molar-refractivity contribution < 1.29 is 8.83 Å². The van der Waals surface area contributed by atoms with Crippen molar-refractivity contribution in [1.82, 2.24) is 14.3 Å². The van der Waals surface area contributed by atoms with Crippen molar-refractivity contribution in [3.05, 3.63) is 89.5 Å². The lowest BCUT2D eigenvalue weighted by Crippen LogP contribution is -2.48. The number of para-hydroxylation sites is 1. The van der Waals surface area contributed by atoms with E-state index >= 15 is 0 Å². The first-order valence-corrected chi connectivity index (χ1v) is 17.5. The molecular formula is C43H40N4O2. The van der Waals surface area contributed by atoms with Gasteiger partial charge in [-0.25, -0.2) is 4.98 Å². The topological polar surface area (TPSA) is 50.1 Å². The Morgan fingerprint density at radius 1 is 0.633 bits per heavy atom. The van der Waals surface area contributed by atoms with Crippen LogP contribution in [-0.2, 0) is 16.2 Å². The minimum Gasteiger partial charge on any atom is -0.456 e. The molecule has 0 aliphatic carbocycles. The monoisotopic (exact) mass is 644 g/mol. The van der Waals surface area contributed by atoms with Crippen LogP contribution >= 0.6 is 0 Å². The quantitative estimate of drug-likeness (QED) is 0.154. The second kappa shape index (κ2) is 8.07. The summed E-state index contributed by atoms with van der Waals surface area (Å²) < 4.78 is 15.9. The van der Waals surface area contributed by atoms with E-state index < -0.39 is 0 Å². The van der Waals surface area contributed by atoms with Gasteiger partial charge in [-0.05, 0) is 52.9 Å². The molecule has 0 saturated heterocycles. The Morgan fingerprint density at radius 2 is 1.31 bits per heavy atom. The Hall–Kier alpha value is -4.97. The van der Waals surface area contributed by atoms with Crippen LogP contribution < -0.4 is 4.90 Å². The molecule has 0 atom stereocenters. The van der Waals surface area contributed by atoms with Crippen LogP contribution in [-0.4, -0.2) is 28.0 Å². The number of fused-ring (bicyclic) bond motifs is 13. The van der Waals surface area contributed by atoms with Gasteiger partial charge in [0, 0.05) is 90.5 Å². The lowest BCUT2D eigenvalue weighted by atomic mass is 9.60. The van der Waals surface area contributed by atoms with Crippen molar-refractivity contribution in [2.24, 2.45) is 5.41 Å². The van der Waals surface area contributed by atoms with Crippen molar-refractivity contribution in [2.45, 2.75) is 71.6 Å². The molecule has 4 aromatic carbocycles. The fourth-order valence-electron chi connectivity index (χ4n) is 9.70. The van der Waals surface area contributed by atoms with Gasteiger partial charge in [-0.2, -0.15) is 0 Å². The van der Waals surface area contributed by atoms with Crippen molar-refractivity contribution in [1.29, 1.82) is 0 Å². The van der Waals surface area contributed by atoms with Crippen LogP contribution in [0.5, 0.6) is 0 Å². The SMILES string of the molecule is CN1C=C2N(C1)c1cc3c(cc1C(C)(C)C2(C)C)oc1ccc2oc4cc5c(cc4c2c13)c1ncc2n1c1c(cccc51)C(C)(C)C2(C)C. The molecule has 0 radical (unpaired) electrons. The first kappa shape index (κ1) is 27.9. The molecule has 8 aromatic rings. The number of pyridine rings is 1. The van der Waals surface area contributed by atoms with Crippen LogP contribution in [0.25, 0.3) is 71.2 Å². The summed E-state index contributed by atoms with van der Waals surface area (Å²) in [5.74, 6) is 0. The zero-order valence-electron chi connectivity index (χ0n) is 29.7. The first-order valence-electron chi connectivity index (χ1n) is 17.5. The number of aromatic nitrogens is 2. The molecule has 3 aliphatic rings. The van der Waals surface area contributed by atoms with Gasteiger partial charge in [0.1, 0.15) is 28.0 Å². The van der Waals surface area contributed by atoms with Crippen LogP contribution in [0.15, 0.2) is 81.5 Å².